The van der Waals surface area contributed by atoms with Gasteiger partial charge in [0, 0.05) is 18.7 Å². The van der Waals surface area contributed by atoms with Crippen LogP contribution in [0.2, 0.25) is 0 Å². The van der Waals surface area contributed by atoms with E-state index in [0.717, 1.165) is 25.0 Å². The minimum Gasteiger partial charge on any atom is -0.339 e. The van der Waals surface area contributed by atoms with Gasteiger partial charge in [0.25, 0.3) is 5.91 Å². The van der Waals surface area contributed by atoms with E-state index in [1.807, 2.05) is 6.92 Å². The minimum absolute atomic E-state index is 0.140. The summed E-state index contributed by atoms with van der Waals surface area (Å²) in [4.78, 5) is 13.4. The number of carbonyl (C=O) groups excluding carboxylic acids is 1. The highest BCUT2D eigenvalue weighted by Crippen LogP contribution is 2.27. The molecular weight excluding hydrogens is 295 g/mol. The summed E-state index contributed by atoms with van der Waals surface area (Å²) >= 11 is 0. The number of rotatable bonds is 5. The van der Waals surface area contributed by atoms with Gasteiger partial charge in [0.1, 0.15) is 10.7 Å². The Bertz CT molecular complexity index is 642. The molecule has 0 heterocycles. The summed E-state index contributed by atoms with van der Waals surface area (Å²) < 4.78 is 36.1. The molecule has 1 aromatic rings. The Morgan fingerprint density at radius 2 is 2.10 bits per heavy atom. The Morgan fingerprint density at radius 3 is 2.57 bits per heavy atom. The molecule has 2 N–H and O–H groups in total. The Hall–Kier alpha value is -1.47. The molecule has 5 nitrogen and oxygen atoms in total. The second-order valence-corrected chi connectivity index (χ2v) is 6.86. The van der Waals surface area contributed by atoms with Crippen LogP contribution >= 0.6 is 0 Å². The van der Waals surface area contributed by atoms with Crippen molar-refractivity contribution >= 4 is 15.9 Å². The molecule has 0 atom stereocenters. The number of carbonyl (C=O) groups is 1. The fourth-order valence-corrected chi connectivity index (χ4v) is 3.01. The summed E-state index contributed by atoms with van der Waals surface area (Å²) in [6.45, 7) is 3.04. The second kappa shape index (κ2) is 6.11. The van der Waals surface area contributed by atoms with Gasteiger partial charge in [-0.05, 0) is 43.9 Å². The first kappa shape index (κ1) is 15.9. The van der Waals surface area contributed by atoms with Crippen molar-refractivity contribution in [3.63, 3.8) is 0 Å². The molecule has 21 heavy (non-hydrogen) atoms. The van der Waals surface area contributed by atoms with E-state index in [4.69, 9.17) is 5.14 Å². The zero-order valence-corrected chi connectivity index (χ0v) is 12.7. The van der Waals surface area contributed by atoms with Crippen molar-refractivity contribution in [2.45, 2.75) is 31.1 Å². The highest BCUT2D eigenvalue weighted by Gasteiger charge is 2.25. The summed E-state index contributed by atoms with van der Waals surface area (Å²) in [5.74, 6) is -0.738. The predicted octanol–water partition coefficient (Wildman–Crippen LogP) is 1.74. The van der Waals surface area contributed by atoms with Crippen LogP contribution in [0.4, 0.5) is 4.39 Å². The van der Waals surface area contributed by atoms with Gasteiger partial charge in [0.05, 0.1) is 0 Å². The molecule has 1 aromatic carbocycles. The number of amides is 1. The van der Waals surface area contributed by atoms with E-state index < -0.39 is 20.7 Å². The van der Waals surface area contributed by atoms with Gasteiger partial charge in [0.15, 0.2) is 0 Å². The lowest BCUT2D eigenvalue weighted by molar-refractivity contribution is 0.0706. The molecule has 1 fully saturated rings. The van der Waals surface area contributed by atoms with Crippen molar-refractivity contribution in [2.75, 3.05) is 13.1 Å². The summed E-state index contributed by atoms with van der Waals surface area (Å²) in [7, 11) is -4.18. The normalized spacial score (nSPS) is 15.6. The zero-order valence-electron chi connectivity index (χ0n) is 11.9. The van der Waals surface area contributed by atoms with E-state index in [0.29, 0.717) is 19.0 Å². The first-order valence-electron chi connectivity index (χ1n) is 6.94. The summed E-state index contributed by atoms with van der Waals surface area (Å²) in [5, 5.41) is 4.95. The molecule has 0 bridgehead atoms. The van der Waals surface area contributed by atoms with Crippen LogP contribution in [0, 0.1) is 11.7 Å². The van der Waals surface area contributed by atoms with Crippen LogP contribution in [0.15, 0.2) is 23.1 Å². The van der Waals surface area contributed by atoms with Gasteiger partial charge < -0.3 is 4.90 Å². The predicted molar refractivity (Wildman–Crippen MR) is 76.7 cm³/mol. The van der Waals surface area contributed by atoms with E-state index in [1.165, 1.54) is 12.5 Å². The number of sulfonamides is 1. The van der Waals surface area contributed by atoms with Gasteiger partial charge in [-0.25, -0.2) is 17.9 Å². The van der Waals surface area contributed by atoms with Crippen LogP contribution in [0.1, 0.15) is 36.5 Å². The van der Waals surface area contributed by atoms with Crippen LogP contribution in [0.3, 0.4) is 0 Å². The molecule has 0 unspecified atom stereocenters. The van der Waals surface area contributed by atoms with Crippen molar-refractivity contribution in [1.29, 1.82) is 0 Å². The van der Waals surface area contributed by atoms with Gasteiger partial charge in [0.2, 0.25) is 10.0 Å². The molecule has 0 saturated heterocycles. The maximum absolute atomic E-state index is 13.5. The standard InChI is InChI=1S/C14H19FN2O3S/c1-2-17(9-10-4-3-5-10)14(18)11-6-7-12(15)13(8-11)21(16,19)20/h6-8,10H,2-5,9H2,1H3,(H2,16,19,20). The number of nitrogens with zero attached hydrogens (tertiary/aromatic N) is 1. The highest BCUT2D eigenvalue weighted by molar-refractivity contribution is 7.89. The Balaban J connectivity index is 2.25. The van der Waals surface area contributed by atoms with Crippen LogP contribution in [-0.4, -0.2) is 32.3 Å². The van der Waals surface area contributed by atoms with Crippen molar-refractivity contribution < 1.29 is 17.6 Å². The lowest BCUT2D eigenvalue weighted by atomic mass is 9.85. The van der Waals surface area contributed by atoms with E-state index in [1.54, 1.807) is 4.90 Å². The number of hydrogen-bond acceptors (Lipinski definition) is 3. The van der Waals surface area contributed by atoms with Crippen LogP contribution in [-0.2, 0) is 10.0 Å². The van der Waals surface area contributed by atoms with E-state index in [9.17, 15) is 17.6 Å². The van der Waals surface area contributed by atoms with E-state index >= 15 is 0 Å². The topological polar surface area (TPSA) is 80.5 Å². The molecule has 0 aromatic heterocycles. The quantitative estimate of drug-likeness (QED) is 0.899. The van der Waals surface area contributed by atoms with Crippen molar-refractivity contribution in [2.24, 2.45) is 11.1 Å². The van der Waals surface area contributed by atoms with Crippen LogP contribution < -0.4 is 5.14 Å². The number of benzene rings is 1. The molecule has 116 valence electrons. The molecule has 0 aliphatic heterocycles. The highest BCUT2D eigenvalue weighted by atomic mass is 32.2. The lowest BCUT2D eigenvalue weighted by Crippen LogP contribution is -2.37. The van der Waals surface area contributed by atoms with Gasteiger partial charge in [-0.15, -0.1) is 0 Å². The largest absolute Gasteiger partial charge is 0.339 e. The molecule has 2 rings (SSSR count). The number of hydrogen-bond donors (Lipinski definition) is 1. The van der Waals surface area contributed by atoms with Gasteiger partial charge >= 0.3 is 0 Å². The first-order chi connectivity index (χ1) is 9.82. The molecule has 7 heteroatoms. The van der Waals surface area contributed by atoms with E-state index in [2.05, 4.69) is 0 Å². The Morgan fingerprint density at radius 1 is 1.43 bits per heavy atom. The minimum atomic E-state index is -4.18. The monoisotopic (exact) mass is 314 g/mol. The summed E-state index contributed by atoms with van der Waals surface area (Å²) in [5.41, 5.74) is 0.140. The SMILES string of the molecule is CCN(CC1CCC1)C(=O)c1ccc(F)c(S(N)(=O)=O)c1. The maximum Gasteiger partial charge on any atom is 0.253 e. The van der Waals surface area contributed by atoms with Gasteiger partial charge in [-0.3, -0.25) is 4.79 Å². The third-order valence-corrected chi connectivity index (χ3v) is 4.78. The number of primary sulfonamides is 1. The summed E-state index contributed by atoms with van der Waals surface area (Å²) in [6, 6.07) is 3.26. The number of halogens is 1. The lowest BCUT2D eigenvalue weighted by Gasteiger charge is -2.31. The fraction of sp³-hybridized carbons (Fsp3) is 0.500. The fourth-order valence-electron chi connectivity index (χ4n) is 2.38. The van der Waals surface area contributed by atoms with Crippen molar-refractivity contribution in [1.82, 2.24) is 4.90 Å². The molecule has 0 radical (unpaired) electrons. The van der Waals surface area contributed by atoms with E-state index in [-0.39, 0.29) is 11.5 Å². The van der Waals surface area contributed by atoms with Crippen LogP contribution in [0.25, 0.3) is 0 Å². The first-order valence-corrected chi connectivity index (χ1v) is 8.49. The smallest absolute Gasteiger partial charge is 0.253 e. The Labute approximate surface area is 124 Å². The second-order valence-electron chi connectivity index (χ2n) is 5.33. The van der Waals surface area contributed by atoms with Crippen molar-refractivity contribution in [3.05, 3.63) is 29.6 Å². The Kier molecular flexibility index (Phi) is 4.63. The molecular formula is C14H19FN2O3S. The number of nitrogens with two attached hydrogens (primary N) is 1. The average Bonchev–Trinajstić information content (AvgIpc) is 2.36. The van der Waals surface area contributed by atoms with Gasteiger partial charge in [-0.2, -0.15) is 0 Å². The molecule has 1 aliphatic carbocycles. The summed E-state index contributed by atoms with van der Waals surface area (Å²) in [6.07, 6.45) is 3.40. The van der Waals surface area contributed by atoms with Crippen LogP contribution in [0.5, 0.6) is 0 Å². The van der Waals surface area contributed by atoms with Crippen molar-refractivity contribution in [3.8, 4) is 0 Å². The average molecular weight is 314 g/mol. The third kappa shape index (κ3) is 3.59. The molecule has 0 spiro atoms. The molecule has 1 amide bonds. The third-order valence-electron chi connectivity index (χ3n) is 3.86. The van der Waals surface area contributed by atoms with Gasteiger partial charge in [-0.1, -0.05) is 6.42 Å². The maximum atomic E-state index is 13.5. The molecule has 1 saturated carbocycles. The molecule has 1 aliphatic rings. The zero-order chi connectivity index (χ0) is 15.6.